The summed E-state index contributed by atoms with van der Waals surface area (Å²) in [6.07, 6.45) is 6.91. The first-order valence-electron chi connectivity index (χ1n) is 5.70. The van der Waals surface area contributed by atoms with Crippen molar-refractivity contribution in [2.24, 2.45) is 0 Å². The van der Waals surface area contributed by atoms with Gasteiger partial charge in [0, 0.05) is 18.8 Å². The van der Waals surface area contributed by atoms with Crippen molar-refractivity contribution in [2.75, 3.05) is 0 Å². The van der Waals surface area contributed by atoms with Crippen molar-refractivity contribution in [3.05, 3.63) is 48.3 Å². The number of aldehydes is 1. The number of unbranched alkanes of at least 4 members (excludes halogenated alkanes) is 1. The van der Waals surface area contributed by atoms with Crippen LogP contribution in [-0.2, 0) is 11.2 Å². The Hall–Kier alpha value is -2.03. The summed E-state index contributed by atoms with van der Waals surface area (Å²) >= 11 is 0. The first-order valence-corrected chi connectivity index (χ1v) is 5.70. The van der Waals surface area contributed by atoms with E-state index in [-0.39, 0.29) is 0 Å². The Balaban J connectivity index is 2.14. The van der Waals surface area contributed by atoms with Gasteiger partial charge in [-0.05, 0) is 42.7 Å². The van der Waals surface area contributed by atoms with Crippen LogP contribution in [0.3, 0.4) is 0 Å². The van der Waals surface area contributed by atoms with Crippen LogP contribution in [0.5, 0.6) is 0 Å². The molecule has 2 heterocycles. The Bertz CT molecular complexity index is 483. The van der Waals surface area contributed by atoms with E-state index in [9.17, 15) is 4.79 Å². The summed E-state index contributed by atoms with van der Waals surface area (Å²) in [5.41, 5.74) is 2.96. The predicted molar refractivity (Wildman–Crippen MR) is 66.5 cm³/mol. The molecule has 0 aromatic carbocycles. The fourth-order valence-electron chi connectivity index (χ4n) is 1.67. The van der Waals surface area contributed by atoms with E-state index in [4.69, 9.17) is 0 Å². The predicted octanol–water partition coefficient (Wildman–Crippen LogP) is 2.67. The molecule has 2 aromatic heterocycles. The Kier molecular flexibility index (Phi) is 3.97. The summed E-state index contributed by atoms with van der Waals surface area (Å²) in [5.74, 6) is 0. The molecule has 0 fully saturated rings. The van der Waals surface area contributed by atoms with Crippen molar-refractivity contribution < 1.29 is 4.79 Å². The summed E-state index contributed by atoms with van der Waals surface area (Å²) < 4.78 is 0. The van der Waals surface area contributed by atoms with E-state index in [1.54, 1.807) is 12.4 Å². The number of rotatable bonds is 5. The maximum absolute atomic E-state index is 10.3. The summed E-state index contributed by atoms with van der Waals surface area (Å²) in [6, 6.07) is 9.79. The zero-order chi connectivity index (χ0) is 11.9. The second kappa shape index (κ2) is 5.89. The van der Waals surface area contributed by atoms with E-state index in [0.717, 1.165) is 30.5 Å². The minimum atomic E-state index is 0.612. The summed E-state index contributed by atoms with van der Waals surface area (Å²) in [6.45, 7) is 0. The van der Waals surface area contributed by atoms with Crippen LogP contribution in [0.25, 0.3) is 11.4 Å². The summed E-state index contributed by atoms with van der Waals surface area (Å²) in [5, 5.41) is 0. The Morgan fingerprint density at radius 1 is 1.06 bits per heavy atom. The fourth-order valence-corrected chi connectivity index (χ4v) is 1.67. The number of carbonyl (C=O) groups is 1. The number of aromatic nitrogens is 2. The molecule has 0 amide bonds. The molecule has 0 spiro atoms. The van der Waals surface area contributed by atoms with Gasteiger partial charge in [0.2, 0.25) is 0 Å². The lowest BCUT2D eigenvalue weighted by molar-refractivity contribution is -0.107. The Morgan fingerprint density at radius 3 is 2.71 bits per heavy atom. The minimum absolute atomic E-state index is 0.612. The molecule has 0 aliphatic carbocycles. The molecule has 3 nitrogen and oxygen atoms in total. The third-order valence-corrected chi connectivity index (χ3v) is 2.54. The van der Waals surface area contributed by atoms with Gasteiger partial charge in [-0.1, -0.05) is 6.07 Å². The van der Waals surface area contributed by atoms with Crippen molar-refractivity contribution in [1.29, 1.82) is 0 Å². The summed E-state index contributed by atoms with van der Waals surface area (Å²) in [4.78, 5) is 18.8. The molecule has 0 aliphatic rings. The molecule has 0 N–H and O–H groups in total. The highest BCUT2D eigenvalue weighted by molar-refractivity contribution is 5.54. The molecule has 17 heavy (non-hydrogen) atoms. The molecule has 0 aliphatic heterocycles. The van der Waals surface area contributed by atoms with Gasteiger partial charge in [0.25, 0.3) is 0 Å². The maximum atomic E-state index is 10.3. The third-order valence-electron chi connectivity index (χ3n) is 2.54. The molecular formula is C14H14N2O. The third kappa shape index (κ3) is 3.21. The van der Waals surface area contributed by atoms with Crippen LogP contribution in [0, 0.1) is 0 Å². The highest BCUT2D eigenvalue weighted by atomic mass is 16.1. The topological polar surface area (TPSA) is 42.9 Å². The van der Waals surface area contributed by atoms with E-state index in [0.29, 0.717) is 6.42 Å². The molecule has 0 saturated heterocycles. The van der Waals surface area contributed by atoms with Crippen LogP contribution >= 0.6 is 0 Å². The van der Waals surface area contributed by atoms with Crippen molar-refractivity contribution in [2.45, 2.75) is 19.3 Å². The minimum Gasteiger partial charge on any atom is -0.303 e. The molecule has 0 atom stereocenters. The highest BCUT2D eigenvalue weighted by Crippen LogP contribution is 2.15. The maximum Gasteiger partial charge on any atom is 0.120 e. The van der Waals surface area contributed by atoms with Gasteiger partial charge in [0.15, 0.2) is 0 Å². The SMILES string of the molecule is O=CCCCc1ccnc(-c2ccccn2)c1. The van der Waals surface area contributed by atoms with Crippen LogP contribution < -0.4 is 0 Å². The van der Waals surface area contributed by atoms with Crippen LogP contribution in [-0.4, -0.2) is 16.3 Å². The fraction of sp³-hybridized carbons (Fsp3) is 0.214. The first kappa shape index (κ1) is 11.5. The Labute approximate surface area is 101 Å². The van der Waals surface area contributed by atoms with Crippen molar-refractivity contribution >= 4 is 6.29 Å². The molecule has 0 bridgehead atoms. The van der Waals surface area contributed by atoms with Crippen LogP contribution in [0.2, 0.25) is 0 Å². The lowest BCUT2D eigenvalue weighted by atomic mass is 10.1. The van der Waals surface area contributed by atoms with Gasteiger partial charge in [-0.2, -0.15) is 0 Å². The van der Waals surface area contributed by atoms with Crippen molar-refractivity contribution in [3.8, 4) is 11.4 Å². The van der Waals surface area contributed by atoms with Gasteiger partial charge in [0.05, 0.1) is 11.4 Å². The standard InChI is InChI=1S/C14H14N2O/c17-10-4-2-5-12-7-9-16-14(11-12)13-6-1-3-8-15-13/h1,3,6-11H,2,4-5H2. The average molecular weight is 226 g/mol. The number of nitrogens with zero attached hydrogens (tertiary/aromatic N) is 2. The number of hydrogen-bond donors (Lipinski definition) is 0. The second-order valence-electron chi connectivity index (χ2n) is 3.82. The molecule has 2 aromatic rings. The van der Waals surface area contributed by atoms with Crippen LogP contribution in [0.1, 0.15) is 18.4 Å². The van der Waals surface area contributed by atoms with E-state index in [2.05, 4.69) is 9.97 Å². The van der Waals surface area contributed by atoms with Gasteiger partial charge in [-0.15, -0.1) is 0 Å². The quantitative estimate of drug-likeness (QED) is 0.581. The smallest absolute Gasteiger partial charge is 0.120 e. The highest BCUT2D eigenvalue weighted by Gasteiger charge is 2.01. The zero-order valence-electron chi connectivity index (χ0n) is 9.54. The van der Waals surface area contributed by atoms with Crippen LogP contribution in [0.4, 0.5) is 0 Å². The normalized spacial score (nSPS) is 10.1. The summed E-state index contributed by atoms with van der Waals surface area (Å²) in [7, 11) is 0. The van der Waals surface area contributed by atoms with Gasteiger partial charge >= 0.3 is 0 Å². The number of pyridine rings is 2. The average Bonchev–Trinajstić information content (AvgIpc) is 2.41. The molecule has 0 unspecified atom stereocenters. The lowest BCUT2D eigenvalue weighted by Gasteiger charge is -2.03. The van der Waals surface area contributed by atoms with Crippen LogP contribution in [0.15, 0.2) is 42.7 Å². The van der Waals surface area contributed by atoms with E-state index in [1.807, 2.05) is 30.3 Å². The second-order valence-corrected chi connectivity index (χ2v) is 3.82. The van der Waals surface area contributed by atoms with Gasteiger partial charge < -0.3 is 4.79 Å². The molecule has 86 valence electrons. The lowest BCUT2D eigenvalue weighted by Crippen LogP contribution is -1.91. The molecule has 0 saturated carbocycles. The van der Waals surface area contributed by atoms with Crippen molar-refractivity contribution in [1.82, 2.24) is 9.97 Å². The number of aryl methyl sites for hydroxylation is 1. The first-order chi connectivity index (χ1) is 8.40. The largest absolute Gasteiger partial charge is 0.303 e. The van der Waals surface area contributed by atoms with Crippen molar-refractivity contribution in [3.63, 3.8) is 0 Å². The molecular weight excluding hydrogens is 212 g/mol. The Morgan fingerprint density at radius 2 is 1.94 bits per heavy atom. The van der Waals surface area contributed by atoms with Gasteiger partial charge in [-0.3, -0.25) is 9.97 Å². The molecule has 3 heteroatoms. The monoisotopic (exact) mass is 226 g/mol. The van der Waals surface area contributed by atoms with E-state index in [1.165, 1.54) is 5.56 Å². The zero-order valence-corrected chi connectivity index (χ0v) is 9.54. The van der Waals surface area contributed by atoms with E-state index < -0.39 is 0 Å². The number of carbonyl (C=O) groups excluding carboxylic acids is 1. The van der Waals surface area contributed by atoms with Gasteiger partial charge in [0.1, 0.15) is 6.29 Å². The molecule has 2 rings (SSSR count). The van der Waals surface area contributed by atoms with E-state index >= 15 is 0 Å². The number of hydrogen-bond acceptors (Lipinski definition) is 3. The molecule has 0 radical (unpaired) electrons. The van der Waals surface area contributed by atoms with Gasteiger partial charge in [-0.25, -0.2) is 0 Å².